The minimum atomic E-state index is -0.600. The summed E-state index contributed by atoms with van der Waals surface area (Å²) in [7, 11) is 0. The predicted molar refractivity (Wildman–Crippen MR) is 121 cm³/mol. The van der Waals surface area contributed by atoms with Crippen molar-refractivity contribution in [3.8, 4) is 17.0 Å². The molecular formula is C24H21N3O4S. The largest absolute Gasteiger partial charge is 0.478 e. The minimum Gasteiger partial charge on any atom is -0.478 e. The number of carbonyl (C=O) groups is 3. The first kappa shape index (κ1) is 20.4. The van der Waals surface area contributed by atoms with Crippen LogP contribution in [0.2, 0.25) is 0 Å². The number of benzene rings is 2. The molecule has 0 fully saturated rings. The zero-order chi connectivity index (χ0) is 22.4. The van der Waals surface area contributed by atoms with Gasteiger partial charge < -0.3 is 9.64 Å². The van der Waals surface area contributed by atoms with Gasteiger partial charge in [-0.15, -0.1) is 11.3 Å². The van der Waals surface area contributed by atoms with Crippen LogP contribution in [0.3, 0.4) is 0 Å². The number of thiazole rings is 1. The number of aryl methyl sites for hydroxylation is 1. The molecule has 7 nitrogen and oxygen atoms in total. The number of ether oxygens (including phenoxy) is 1. The number of imide groups is 1. The van der Waals surface area contributed by atoms with Gasteiger partial charge in [-0.2, -0.15) is 0 Å². The van der Waals surface area contributed by atoms with Crippen molar-refractivity contribution in [1.29, 1.82) is 0 Å². The van der Waals surface area contributed by atoms with Crippen LogP contribution >= 0.6 is 11.3 Å². The minimum absolute atomic E-state index is 0.105. The van der Waals surface area contributed by atoms with Gasteiger partial charge in [0.1, 0.15) is 5.75 Å². The van der Waals surface area contributed by atoms with Crippen molar-refractivity contribution in [1.82, 2.24) is 9.88 Å². The second-order valence-corrected chi connectivity index (χ2v) is 8.81. The molecule has 1 aromatic heterocycles. The van der Waals surface area contributed by atoms with Crippen LogP contribution in [-0.4, -0.2) is 46.8 Å². The fraction of sp³-hybridized carbons (Fsp3) is 0.250. The Morgan fingerprint density at radius 2 is 1.69 bits per heavy atom. The Hall–Kier alpha value is -3.52. The van der Waals surface area contributed by atoms with Gasteiger partial charge in [0.2, 0.25) is 0 Å². The van der Waals surface area contributed by atoms with Gasteiger partial charge in [0.05, 0.1) is 27.5 Å². The number of hydrogen-bond donors (Lipinski definition) is 0. The predicted octanol–water partition coefficient (Wildman–Crippen LogP) is 3.92. The maximum Gasteiger partial charge on any atom is 0.268 e. The molecule has 2 aromatic carbocycles. The van der Waals surface area contributed by atoms with E-state index in [2.05, 4.69) is 4.98 Å². The average Bonchev–Trinajstić information content (AvgIpc) is 3.34. The van der Waals surface area contributed by atoms with Crippen LogP contribution < -0.4 is 9.64 Å². The molecule has 5 rings (SSSR count). The standard InChI is InChI=1S/C24H21N3O4S/c1-3-20-24(30)26(10-11-27-22(28)16-6-4-5-7-17(16)23(27)29)19-12-15(8-9-21(19)31-20)18-13-32-14(2)25-18/h4-9,12-13,20H,3,10-11H2,1-2H3. The number of carbonyl (C=O) groups excluding carboxylic acids is 3. The Labute approximate surface area is 189 Å². The molecule has 0 bridgehead atoms. The molecule has 1 unspecified atom stereocenters. The third-order valence-corrected chi connectivity index (χ3v) is 6.54. The highest BCUT2D eigenvalue weighted by Gasteiger charge is 2.38. The summed E-state index contributed by atoms with van der Waals surface area (Å²) in [4.78, 5) is 46.0. The number of rotatable bonds is 5. The maximum atomic E-state index is 13.2. The van der Waals surface area contributed by atoms with E-state index in [4.69, 9.17) is 4.74 Å². The Kier molecular flexibility index (Phi) is 5.01. The van der Waals surface area contributed by atoms with Gasteiger partial charge in [-0.25, -0.2) is 4.98 Å². The summed E-state index contributed by atoms with van der Waals surface area (Å²) >= 11 is 1.56. The summed E-state index contributed by atoms with van der Waals surface area (Å²) < 4.78 is 5.93. The molecule has 32 heavy (non-hydrogen) atoms. The van der Waals surface area contributed by atoms with E-state index in [1.54, 1.807) is 40.5 Å². The van der Waals surface area contributed by atoms with E-state index in [-0.39, 0.29) is 30.8 Å². The summed E-state index contributed by atoms with van der Waals surface area (Å²) in [5.74, 6) is -0.228. The Morgan fingerprint density at radius 3 is 2.31 bits per heavy atom. The van der Waals surface area contributed by atoms with Gasteiger partial charge in [0.15, 0.2) is 6.10 Å². The van der Waals surface area contributed by atoms with Crippen LogP contribution in [0.25, 0.3) is 11.3 Å². The molecule has 8 heteroatoms. The highest BCUT2D eigenvalue weighted by molar-refractivity contribution is 7.09. The smallest absolute Gasteiger partial charge is 0.268 e. The first-order valence-corrected chi connectivity index (χ1v) is 11.4. The SMILES string of the molecule is CCC1Oc2ccc(-c3csc(C)n3)cc2N(CCN2C(=O)c3ccccc3C2=O)C1=O. The van der Waals surface area contributed by atoms with Gasteiger partial charge >= 0.3 is 0 Å². The molecule has 162 valence electrons. The molecule has 0 aliphatic carbocycles. The maximum absolute atomic E-state index is 13.2. The quantitative estimate of drug-likeness (QED) is 0.554. The third kappa shape index (κ3) is 3.27. The molecule has 0 spiro atoms. The van der Waals surface area contributed by atoms with Crippen LogP contribution in [0.1, 0.15) is 39.1 Å². The monoisotopic (exact) mass is 447 g/mol. The van der Waals surface area contributed by atoms with Crippen LogP contribution in [0.5, 0.6) is 5.75 Å². The third-order valence-electron chi connectivity index (χ3n) is 5.77. The highest BCUT2D eigenvalue weighted by atomic mass is 32.1. The molecule has 3 amide bonds. The Balaban J connectivity index is 1.45. The van der Waals surface area contributed by atoms with Crippen LogP contribution in [-0.2, 0) is 4.79 Å². The summed E-state index contributed by atoms with van der Waals surface area (Å²) in [6.45, 7) is 4.13. The van der Waals surface area contributed by atoms with E-state index < -0.39 is 6.10 Å². The van der Waals surface area contributed by atoms with Crippen molar-refractivity contribution in [3.63, 3.8) is 0 Å². The zero-order valence-electron chi connectivity index (χ0n) is 17.7. The number of fused-ring (bicyclic) bond motifs is 2. The number of aromatic nitrogens is 1. The zero-order valence-corrected chi connectivity index (χ0v) is 18.5. The van der Waals surface area contributed by atoms with E-state index in [9.17, 15) is 14.4 Å². The van der Waals surface area contributed by atoms with Crippen molar-refractivity contribution < 1.29 is 19.1 Å². The fourth-order valence-electron chi connectivity index (χ4n) is 4.11. The van der Waals surface area contributed by atoms with Crippen LogP contribution in [0, 0.1) is 6.92 Å². The first-order valence-electron chi connectivity index (χ1n) is 10.5. The van der Waals surface area contributed by atoms with Crippen molar-refractivity contribution in [2.45, 2.75) is 26.4 Å². The van der Waals surface area contributed by atoms with E-state index in [1.807, 2.05) is 37.4 Å². The normalized spacial score (nSPS) is 17.4. The Bertz CT molecular complexity index is 1220. The van der Waals surface area contributed by atoms with Gasteiger partial charge in [0.25, 0.3) is 17.7 Å². The van der Waals surface area contributed by atoms with Gasteiger partial charge in [-0.3, -0.25) is 19.3 Å². The molecule has 2 aliphatic heterocycles. The topological polar surface area (TPSA) is 79.8 Å². The first-order chi connectivity index (χ1) is 15.5. The van der Waals surface area contributed by atoms with Gasteiger partial charge in [-0.05, 0) is 43.7 Å². The lowest BCUT2D eigenvalue weighted by molar-refractivity contribution is -0.126. The lowest BCUT2D eigenvalue weighted by Gasteiger charge is -2.35. The van der Waals surface area contributed by atoms with E-state index in [0.717, 1.165) is 16.3 Å². The van der Waals surface area contributed by atoms with Crippen LogP contribution in [0.15, 0.2) is 47.8 Å². The molecule has 2 aliphatic rings. The fourth-order valence-corrected chi connectivity index (χ4v) is 4.73. The van der Waals surface area contributed by atoms with Crippen molar-refractivity contribution in [3.05, 3.63) is 64.0 Å². The molecule has 1 atom stereocenters. The number of amides is 3. The number of anilines is 1. The molecule has 3 heterocycles. The van der Waals surface area contributed by atoms with E-state index in [0.29, 0.717) is 29.0 Å². The molecular weight excluding hydrogens is 426 g/mol. The van der Waals surface area contributed by atoms with Crippen molar-refractivity contribution >= 4 is 34.7 Å². The van der Waals surface area contributed by atoms with E-state index >= 15 is 0 Å². The molecule has 0 saturated heterocycles. The summed E-state index contributed by atoms with van der Waals surface area (Å²) in [5.41, 5.74) is 3.14. The average molecular weight is 448 g/mol. The lowest BCUT2D eigenvalue weighted by Crippen LogP contribution is -2.49. The van der Waals surface area contributed by atoms with E-state index in [1.165, 1.54) is 4.90 Å². The Morgan fingerprint density at radius 1 is 1.00 bits per heavy atom. The highest BCUT2D eigenvalue weighted by Crippen LogP contribution is 2.38. The number of hydrogen-bond acceptors (Lipinski definition) is 6. The summed E-state index contributed by atoms with van der Waals surface area (Å²) in [5, 5.41) is 2.93. The molecule has 0 N–H and O–H groups in total. The summed E-state index contributed by atoms with van der Waals surface area (Å²) in [6, 6.07) is 12.4. The van der Waals surface area contributed by atoms with Crippen molar-refractivity contribution in [2.75, 3.05) is 18.0 Å². The summed E-state index contributed by atoms with van der Waals surface area (Å²) in [6.07, 6.45) is -0.0773. The van der Waals surface area contributed by atoms with Gasteiger partial charge in [-0.1, -0.05) is 19.1 Å². The molecule has 0 radical (unpaired) electrons. The second kappa shape index (κ2) is 7.87. The van der Waals surface area contributed by atoms with Crippen molar-refractivity contribution in [2.24, 2.45) is 0 Å². The second-order valence-electron chi connectivity index (χ2n) is 7.75. The molecule has 3 aromatic rings. The van der Waals surface area contributed by atoms with Gasteiger partial charge in [0, 0.05) is 24.0 Å². The number of nitrogens with zero attached hydrogens (tertiary/aromatic N) is 3. The molecule has 0 saturated carbocycles. The van der Waals surface area contributed by atoms with Crippen LogP contribution in [0.4, 0.5) is 5.69 Å². The lowest BCUT2D eigenvalue weighted by atomic mass is 10.1.